The molecule has 1 aliphatic rings. The zero-order chi connectivity index (χ0) is 20.9. The van der Waals surface area contributed by atoms with E-state index < -0.39 is 6.04 Å². The molecule has 7 nitrogen and oxygen atoms in total. The molecule has 1 saturated heterocycles. The van der Waals surface area contributed by atoms with Gasteiger partial charge >= 0.3 is 0 Å². The van der Waals surface area contributed by atoms with Gasteiger partial charge in [-0.15, -0.1) is 0 Å². The quantitative estimate of drug-likeness (QED) is 0.609. The maximum absolute atomic E-state index is 12.8. The molecule has 0 aliphatic carbocycles. The molecule has 0 bridgehead atoms. The Morgan fingerprint density at radius 2 is 2.03 bits per heavy atom. The van der Waals surface area contributed by atoms with Gasteiger partial charge in [-0.25, -0.2) is 4.98 Å². The summed E-state index contributed by atoms with van der Waals surface area (Å²) >= 11 is 0. The Bertz CT molecular complexity index is 1010. The van der Waals surface area contributed by atoms with Gasteiger partial charge in [0.1, 0.15) is 17.3 Å². The number of nitrogens with one attached hydrogen (secondary N) is 1. The van der Waals surface area contributed by atoms with E-state index in [1.165, 1.54) is 0 Å². The molecule has 4 rings (SSSR count). The van der Waals surface area contributed by atoms with Crippen molar-refractivity contribution in [1.82, 2.24) is 15.2 Å². The fourth-order valence-corrected chi connectivity index (χ4v) is 3.66. The minimum Gasteiger partial charge on any atom is -0.493 e. The van der Waals surface area contributed by atoms with Crippen LogP contribution in [0.4, 0.5) is 0 Å². The van der Waals surface area contributed by atoms with Crippen molar-refractivity contribution in [2.75, 3.05) is 19.7 Å². The van der Waals surface area contributed by atoms with Gasteiger partial charge in [-0.2, -0.15) is 0 Å². The van der Waals surface area contributed by atoms with Crippen LogP contribution in [0.3, 0.4) is 0 Å². The van der Waals surface area contributed by atoms with Crippen molar-refractivity contribution < 1.29 is 18.7 Å². The fourth-order valence-electron chi connectivity index (χ4n) is 3.66. The van der Waals surface area contributed by atoms with Crippen molar-refractivity contribution in [1.29, 1.82) is 0 Å². The second-order valence-corrected chi connectivity index (χ2v) is 7.39. The first-order valence-electron chi connectivity index (χ1n) is 10.2. The number of hydrogen-bond donors (Lipinski definition) is 1. The number of fused-ring (bicyclic) bond motifs is 1. The van der Waals surface area contributed by atoms with Gasteiger partial charge in [0, 0.05) is 19.5 Å². The molecule has 1 atom stereocenters. The summed E-state index contributed by atoms with van der Waals surface area (Å²) in [5.41, 5.74) is 2.49. The fraction of sp³-hybridized carbons (Fsp3) is 0.348. The zero-order valence-corrected chi connectivity index (χ0v) is 17.0. The summed E-state index contributed by atoms with van der Waals surface area (Å²) in [6.07, 6.45) is 1.16. The van der Waals surface area contributed by atoms with Crippen molar-refractivity contribution in [3.63, 3.8) is 0 Å². The van der Waals surface area contributed by atoms with E-state index >= 15 is 0 Å². The highest BCUT2D eigenvalue weighted by Gasteiger charge is 2.34. The molecule has 0 unspecified atom stereocenters. The molecule has 1 N–H and O–H groups in total. The second-order valence-electron chi connectivity index (χ2n) is 7.39. The summed E-state index contributed by atoms with van der Waals surface area (Å²) in [7, 11) is 0. The van der Waals surface area contributed by atoms with Gasteiger partial charge < -0.3 is 19.4 Å². The Kier molecular flexibility index (Phi) is 5.97. The van der Waals surface area contributed by atoms with Crippen molar-refractivity contribution in [2.45, 2.75) is 32.2 Å². The van der Waals surface area contributed by atoms with Gasteiger partial charge in [-0.05, 0) is 37.1 Å². The van der Waals surface area contributed by atoms with E-state index in [-0.39, 0.29) is 18.2 Å². The van der Waals surface area contributed by atoms with Crippen LogP contribution in [0.25, 0.3) is 11.1 Å². The molecule has 2 aromatic carbocycles. The number of carbonyl (C=O) groups is 2. The second kappa shape index (κ2) is 8.98. The van der Waals surface area contributed by atoms with Crippen LogP contribution in [0, 0.1) is 6.92 Å². The smallest absolute Gasteiger partial charge is 0.243 e. The maximum Gasteiger partial charge on any atom is 0.243 e. The summed E-state index contributed by atoms with van der Waals surface area (Å²) in [6, 6.07) is 14.6. The number of aryl methyl sites for hydroxylation is 1. The first-order valence-corrected chi connectivity index (χ1v) is 10.2. The zero-order valence-electron chi connectivity index (χ0n) is 17.0. The Labute approximate surface area is 175 Å². The van der Waals surface area contributed by atoms with Gasteiger partial charge in [0.25, 0.3) is 0 Å². The number of oxazole rings is 1. The Morgan fingerprint density at radius 3 is 2.87 bits per heavy atom. The minimum atomic E-state index is -0.614. The molecule has 0 spiro atoms. The van der Waals surface area contributed by atoms with Crippen LogP contribution < -0.4 is 10.1 Å². The van der Waals surface area contributed by atoms with E-state index in [1.54, 1.807) is 4.90 Å². The largest absolute Gasteiger partial charge is 0.493 e. The molecular formula is C23H25N3O4. The lowest BCUT2D eigenvalue weighted by Crippen LogP contribution is -2.58. The minimum absolute atomic E-state index is 0.0562. The summed E-state index contributed by atoms with van der Waals surface area (Å²) in [4.78, 5) is 31.4. The van der Waals surface area contributed by atoms with Crippen molar-refractivity contribution in [3.05, 3.63) is 60.0 Å². The molecule has 1 aliphatic heterocycles. The average Bonchev–Trinajstić information content (AvgIpc) is 3.16. The molecule has 2 amide bonds. The average molecular weight is 407 g/mol. The standard InChI is InChI=1S/C23H25N3O4/c1-16-7-2-4-9-19(16)29-14-6-11-22(27)26-13-12-24-23(28)18(26)15-21-25-17-8-3-5-10-20(17)30-21/h2-5,7-10,18H,6,11-15H2,1H3,(H,24,28)/t18-/m0/s1. The SMILES string of the molecule is Cc1ccccc1OCCCC(=O)N1CCNC(=O)[C@@H]1Cc1nc2ccccc2o1. The molecule has 0 saturated carbocycles. The van der Waals surface area contributed by atoms with Crippen LogP contribution in [0.2, 0.25) is 0 Å². The summed E-state index contributed by atoms with van der Waals surface area (Å²) in [5.74, 6) is 1.06. The molecular weight excluding hydrogens is 382 g/mol. The Morgan fingerprint density at radius 1 is 1.23 bits per heavy atom. The van der Waals surface area contributed by atoms with E-state index in [0.717, 1.165) is 16.8 Å². The number of para-hydroxylation sites is 3. The number of piperazine rings is 1. The van der Waals surface area contributed by atoms with E-state index in [1.807, 2.05) is 55.5 Å². The van der Waals surface area contributed by atoms with Crippen molar-refractivity contribution >= 4 is 22.9 Å². The molecule has 2 heterocycles. The Hall–Kier alpha value is -3.35. The lowest BCUT2D eigenvalue weighted by atomic mass is 10.1. The van der Waals surface area contributed by atoms with Crippen molar-refractivity contribution in [3.8, 4) is 5.75 Å². The van der Waals surface area contributed by atoms with Crippen LogP contribution in [0.1, 0.15) is 24.3 Å². The van der Waals surface area contributed by atoms with Crippen LogP contribution in [-0.4, -0.2) is 47.4 Å². The molecule has 0 radical (unpaired) electrons. The van der Waals surface area contributed by atoms with Gasteiger partial charge in [-0.1, -0.05) is 30.3 Å². The summed E-state index contributed by atoms with van der Waals surface area (Å²) in [6.45, 7) is 3.37. The van der Waals surface area contributed by atoms with Crippen LogP contribution in [0.5, 0.6) is 5.75 Å². The molecule has 1 aromatic heterocycles. The predicted molar refractivity (Wildman–Crippen MR) is 112 cm³/mol. The maximum atomic E-state index is 12.8. The predicted octanol–water partition coefficient (Wildman–Crippen LogP) is 2.86. The third-order valence-corrected chi connectivity index (χ3v) is 5.24. The molecule has 3 aromatic rings. The lowest BCUT2D eigenvalue weighted by molar-refractivity contribution is -0.143. The highest BCUT2D eigenvalue weighted by molar-refractivity contribution is 5.89. The third kappa shape index (κ3) is 4.45. The Balaban J connectivity index is 1.36. The number of ether oxygens (including phenoxy) is 1. The first-order chi connectivity index (χ1) is 14.6. The van der Waals surface area contributed by atoms with E-state index in [4.69, 9.17) is 9.15 Å². The third-order valence-electron chi connectivity index (χ3n) is 5.24. The summed E-state index contributed by atoms with van der Waals surface area (Å²) in [5, 5.41) is 2.84. The number of benzene rings is 2. The molecule has 7 heteroatoms. The number of nitrogens with zero attached hydrogens (tertiary/aromatic N) is 2. The highest BCUT2D eigenvalue weighted by Crippen LogP contribution is 2.20. The topological polar surface area (TPSA) is 84.7 Å². The number of carbonyl (C=O) groups excluding carboxylic acids is 2. The van der Waals surface area contributed by atoms with Gasteiger partial charge in [0.05, 0.1) is 13.0 Å². The van der Waals surface area contributed by atoms with Crippen molar-refractivity contribution in [2.24, 2.45) is 0 Å². The molecule has 1 fully saturated rings. The van der Waals surface area contributed by atoms with Gasteiger partial charge in [-0.3, -0.25) is 9.59 Å². The van der Waals surface area contributed by atoms with E-state index in [0.29, 0.717) is 44.0 Å². The summed E-state index contributed by atoms with van der Waals surface area (Å²) < 4.78 is 11.5. The van der Waals surface area contributed by atoms with Gasteiger partial charge in [0.2, 0.25) is 11.8 Å². The number of amides is 2. The number of rotatable bonds is 7. The van der Waals surface area contributed by atoms with Crippen LogP contribution in [-0.2, 0) is 16.0 Å². The molecule has 30 heavy (non-hydrogen) atoms. The molecule has 156 valence electrons. The monoisotopic (exact) mass is 407 g/mol. The highest BCUT2D eigenvalue weighted by atomic mass is 16.5. The number of aromatic nitrogens is 1. The van der Waals surface area contributed by atoms with Crippen LogP contribution >= 0.6 is 0 Å². The van der Waals surface area contributed by atoms with E-state index in [2.05, 4.69) is 10.3 Å². The first kappa shape index (κ1) is 19.9. The lowest BCUT2D eigenvalue weighted by Gasteiger charge is -2.34. The number of hydrogen-bond acceptors (Lipinski definition) is 5. The van der Waals surface area contributed by atoms with E-state index in [9.17, 15) is 9.59 Å². The van der Waals surface area contributed by atoms with Gasteiger partial charge in [0.15, 0.2) is 11.5 Å². The normalized spacial score (nSPS) is 16.5. The van der Waals surface area contributed by atoms with Crippen LogP contribution in [0.15, 0.2) is 52.9 Å².